The van der Waals surface area contributed by atoms with E-state index in [9.17, 15) is 15.3 Å². The second kappa shape index (κ2) is 15.5. The number of rotatable bonds is 9. The summed E-state index contributed by atoms with van der Waals surface area (Å²) in [6.45, 7) is 16.2. The molecule has 15 heteroatoms. The molecule has 1 amide bonds. The quantitative estimate of drug-likeness (QED) is 0.151. The number of benzene rings is 2. The van der Waals surface area contributed by atoms with Gasteiger partial charge in [0.25, 0.3) is 5.91 Å². The standard InChI is InChI=1S/C47H49ClN10O3S/c1-26-27(2)62-41-37(26)38(53-36(14-17-49)39-56-55-28(3)58(39)41)29-8-11-32(12-9-29)60-34-21-47(22-34)15-18-57(19-16-47)44-51-24-31(25-52-44)40(59)54-42-45(4,5)43(46(42,6)7)61-33-13-10-30(23-50)35(48)20-33/h8-13,20,24-25,34,36,42-43H,14-16,18-19,21-22H2,1-7H3,(H,54,59)/t36-,42?,43?/m0/s1. The van der Waals surface area contributed by atoms with Crippen molar-refractivity contribution in [2.75, 3.05) is 18.0 Å². The van der Waals surface area contributed by atoms with Crippen LogP contribution < -0.4 is 19.7 Å². The minimum atomic E-state index is -0.417. The number of thiophene rings is 1. The number of hydrogen-bond donors (Lipinski definition) is 1. The van der Waals surface area contributed by atoms with Crippen molar-refractivity contribution in [3.05, 3.63) is 104 Å². The number of aromatic nitrogens is 5. The molecule has 1 saturated heterocycles. The molecule has 1 N–H and O–H groups in total. The van der Waals surface area contributed by atoms with Crippen molar-refractivity contribution in [1.29, 1.82) is 10.5 Å². The first kappa shape index (κ1) is 41.5. The molecule has 3 fully saturated rings. The third-order valence-corrected chi connectivity index (χ3v) is 15.2. The first-order valence-corrected chi connectivity index (χ1v) is 22.3. The van der Waals surface area contributed by atoms with Crippen molar-refractivity contribution in [2.45, 2.75) is 105 Å². The van der Waals surface area contributed by atoms with Gasteiger partial charge in [0.05, 0.1) is 40.5 Å². The van der Waals surface area contributed by atoms with Gasteiger partial charge in [0.2, 0.25) is 5.95 Å². The van der Waals surface area contributed by atoms with Crippen molar-refractivity contribution < 1.29 is 14.3 Å². The molecule has 4 aliphatic rings. The normalized spacial score (nSPS) is 21.8. The van der Waals surface area contributed by atoms with Crippen LogP contribution in [-0.2, 0) is 0 Å². The van der Waals surface area contributed by atoms with Gasteiger partial charge >= 0.3 is 0 Å². The summed E-state index contributed by atoms with van der Waals surface area (Å²) >= 11 is 7.97. The molecule has 2 saturated carbocycles. The minimum Gasteiger partial charge on any atom is -0.490 e. The Kier molecular flexibility index (Phi) is 10.4. The van der Waals surface area contributed by atoms with Gasteiger partial charge in [-0.25, -0.2) is 9.97 Å². The van der Waals surface area contributed by atoms with Crippen LogP contribution in [0.4, 0.5) is 5.95 Å². The summed E-state index contributed by atoms with van der Waals surface area (Å²) in [6.07, 6.45) is 7.46. The van der Waals surface area contributed by atoms with Gasteiger partial charge in [-0.3, -0.25) is 14.4 Å². The van der Waals surface area contributed by atoms with Crippen LogP contribution >= 0.6 is 22.9 Å². The average Bonchev–Trinajstić information content (AvgIpc) is 3.72. The monoisotopic (exact) mass is 868 g/mol. The van der Waals surface area contributed by atoms with E-state index in [1.54, 1.807) is 41.9 Å². The van der Waals surface area contributed by atoms with Gasteiger partial charge in [0, 0.05) is 64.4 Å². The molecule has 2 aliphatic heterocycles. The summed E-state index contributed by atoms with van der Waals surface area (Å²) in [4.78, 5) is 31.3. The number of ether oxygens (including phenoxy) is 2. The highest BCUT2D eigenvalue weighted by Gasteiger charge is 2.64. The van der Waals surface area contributed by atoms with Crippen LogP contribution in [-0.4, -0.2) is 67.7 Å². The van der Waals surface area contributed by atoms with E-state index in [4.69, 9.17) is 26.1 Å². The molecule has 1 spiro atoms. The van der Waals surface area contributed by atoms with Crippen LogP contribution in [0.1, 0.15) is 115 Å². The lowest BCUT2D eigenvalue weighted by Gasteiger charge is -2.63. The van der Waals surface area contributed by atoms with E-state index in [1.807, 2.05) is 19.1 Å². The molecule has 2 aliphatic carbocycles. The molecule has 3 aromatic heterocycles. The van der Waals surface area contributed by atoms with Crippen molar-refractivity contribution in [3.8, 4) is 28.6 Å². The highest BCUT2D eigenvalue weighted by molar-refractivity contribution is 7.15. The van der Waals surface area contributed by atoms with Crippen LogP contribution in [0.5, 0.6) is 11.5 Å². The molecule has 5 heterocycles. The molecule has 0 radical (unpaired) electrons. The Balaban J connectivity index is 0.780. The molecule has 1 atom stereocenters. The van der Waals surface area contributed by atoms with Gasteiger partial charge in [-0.15, -0.1) is 21.5 Å². The molecule has 0 unspecified atom stereocenters. The Morgan fingerprint density at radius 1 is 0.952 bits per heavy atom. The maximum Gasteiger partial charge on any atom is 0.254 e. The van der Waals surface area contributed by atoms with Crippen LogP contribution in [0.2, 0.25) is 5.02 Å². The molecular weight excluding hydrogens is 820 g/mol. The molecule has 9 rings (SSSR count). The largest absolute Gasteiger partial charge is 0.490 e. The van der Waals surface area contributed by atoms with Crippen molar-refractivity contribution in [2.24, 2.45) is 21.2 Å². The molecule has 2 aromatic carbocycles. The van der Waals surface area contributed by atoms with Crippen LogP contribution in [0.3, 0.4) is 0 Å². The predicted molar refractivity (Wildman–Crippen MR) is 237 cm³/mol. The van der Waals surface area contributed by atoms with E-state index in [-0.39, 0.29) is 46.8 Å². The highest BCUT2D eigenvalue weighted by atomic mass is 35.5. The molecular formula is C47H49ClN10O3S. The maximum absolute atomic E-state index is 13.5. The minimum absolute atomic E-state index is 0.152. The number of hydrogen-bond acceptors (Lipinski definition) is 12. The van der Waals surface area contributed by atoms with E-state index in [0.717, 1.165) is 72.2 Å². The number of anilines is 1. The zero-order chi connectivity index (χ0) is 43.7. The topological polar surface area (TPSA) is 167 Å². The van der Waals surface area contributed by atoms with Gasteiger partial charge in [-0.05, 0) is 93.8 Å². The number of halogens is 1. The Morgan fingerprint density at radius 2 is 1.63 bits per heavy atom. The Hall–Kier alpha value is -5.83. The lowest BCUT2D eigenvalue weighted by Crippen LogP contribution is -2.74. The van der Waals surface area contributed by atoms with Gasteiger partial charge in [-0.1, -0.05) is 39.3 Å². The fraction of sp³-hybridized carbons (Fsp3) is 0.447. The molecule has 62 heavy (non-hydrogen) atoms. The van der Waals surface area contributed by atoms with Crippen molar-refractivity contribution in [3.63, 3.8) is 0 Å². The number of aryl methyl sites for hydroxylation is 2. The third kappa shape index (κ3) is 7.07. The van der Waals surface area contributed by atoms with Crippen LogP contribution in [0, 0.1) is 59.7 Å². The van der Waals surface area contributed by atoms with E-state index in [2.05, 4.69) is 101 Å². The first-order valence-electron chi connectivity index (χ1n) is 21.1. The Morgan fingerprint density at radius 3 is 2.27 bits per heavy atom. The van der Waals surface area contributed by atoms with E-state index in [0.29, 0.717) is 33.7 Å². The van der Waals surface area contributed by atoms with Gasteiger partial charge in [0.15, 0.2) is 5.82 Å². The predicted octanol–water partition coefficient (Wildman–Crippen LogP) is 8.81. The number of nitrogens with zero attached hydrogens (tertiary/aromatic N) is 9. The molecule has 318 valence electrons. The molecule has 0 bridgehead atoms. The summed E-state index contributed by atoms with van der Waals surface area (Å²) in [5, 5.41) is 32.3. The summed E-state index contributed by atoms with van der Waals surface area (Å²) in [5.41, 5.74) is 4.37. The van der Waals surface area contributed by atoms with Crippen LogP contribution in [0.25, 0.3) is 5.00 Å². The fourth-order valence-corrected chi connectivity index (χ4v) is 11.9. The van der Waals surface area contributed by atoms with E-state index < -0.39 is 6.04 Å². The zero-order valence-electron chi connectivity index (χ0n) is 36.0. The second-order valence-corrected chi connectivity index (χ2v) is 20.1. The SMILES string of the molecule is Cc1sc2c(c1C)C(c1ccc(OC3CC4(CCN(c5ncc(C(=O)NC6C(C)(C)C(Oc7ccc(C#N)c(Cl)c7)C6(C)C)cn5)CC4)C3)cc1)=N[C@@H](CC#N)c1nnc(C)n1-2. The van der Waals surface area contributed by atoms with Gasteiger partial charge in [-0.2, -0.15) is 10.5 Å². The Labute approximate surface area is 370 Å². The second-order valence-electron chi connectivity index (χ2n) is 18.5. The lowest BCUT2D eigenvalue weighted by atomic mass is 9.49. The number of carbonyl (C=O) groups excluding carboxylic acids is 1. The van der Waals surface area contributed by atoms with E-state index in [1.165, 1.54) is 10.4 Å². The number of aliphatic imine (C=N–C) groups is 1. The molecule has 13 nitrogen and oxygen atoms in total. The number of nitriles is 2. The average molecular weight is 869 g/mol. The number of fused-ring (bicyclic) bond motifs is 3. The van der Waals surface area contributed by atoms with Gasteiger partial charge in [0.1, 0.15) is 40.5 Å². The smallest absolute Gasteiger partial charge is 0.254 e. The summed E-state index contributed by atoms with van der Waals surface area (Å²) in [6, 6.07) is 17.1. The van der Waals surface area contributed by atoms with Crippen molar-refractivity contribution >= 4 is 40.5 Å². The summed E-state index contributed by atoms with van der Waals surface area (Å²) < 4.78 is 15.0. The third-order valence-electron chi connectivity index (χ3n) is 13.7. The highest BCUT2D eigenvalue weighted by Crippen LogP contribution is 2.56. The van der Waals surface area contributed by atoms with Crippen LogP contribution in [0.15, 0.2) is 59.9 Å². The van der Waals surface area contributed by atoms with Gasteiger partial charge < -0.3 is 19.7 Å². The first-order chi connectivity index (χ1) is 29.6. The fourth-order valence-electron chi connectivity index (χ4n) is 10.5. The number of carbonyl (C=O) groups is 1. The maximum atomic E-state index is 13.5. The van der Waals surface area contributed by atoms with Crippen molar-refractivity contribution in [1.82, 2.24) is 30.0 Å². The zero-order valence-corrected chi connectivity index (χ0v) is 37.6. The number of piperidine rings is 1. The summed E-state index contributed by atoms with van der Waals surface area (Å²) in [7, 11) is 0. The molecule has 5 aromatic rings. The van der Waals surface area contributed by atoms with E-state index >= 15 is 0 Å². The number of amides is 1. The number of nitrogens with one attached hydrogen (secondary N) is 1. The lowest BCUT2D eigenvalue weighted by molar-refractivity contribution is -0.164. The Bertz CT molecular complexity index is 2660. The summed E-state index contributed by atoms with van der Waals surface area (Å²) in [5.74, 6) is 3.32.